The number of carbonyl (C=O) groups excluding carboxylic acids is 2. The second-order valence-corrected chi connectivity index (χ2v) is 14.9. The van der Waals surface area contributed by atoms with E-state index in [4.69, 9.17) is 9.47 Å². The number of carbonyl (C=O) groups is 2. The van der Waals surface area contributed by atoms with E-state index in [0.29, 0.717) is 29.4 Å². The average Bonchev–Trinajstić information content (AvgIpc) is 3.61. The Morgan fingerprint density at radius 1 is 0.917 bits per heavy atom. The molecule has 9 rings (SSSR count). The molecule has 6 heteroatoms. The Kier molecular flexibility index (Phi) is 8.19. The van der Waals surface area contributed by atoms with Crippen LogP contribution in [0.15, 0.2) is 88.9 Å². The lowest BCUT2D eigenvalue weighted by Crippen LogP contribution is -2.52. The minimum absolute atomic E-state index is 0.0363. The number of fused-ring (bicyclic) bond motifs is 1. The fourth-order valence-electron chi connectivity index (χ4n) is 10.4. The Morgan fingerprint density at radius 3 is 2.50 bits per heavy atom. The maximum atomic E-state index is 14.2. The molecule has 2 aromatic carbocycles. The van der Waals surface area contributed by atoms with Gasteiger partial charge in [0.25, 0.3) is 0 Å². The number of cyclic esters (lactones) is 2. The monoisotopic (exact) mass is 646 g/mol. The van der Waals surface area contributed by atoms with E-state index < -0.39 is 5.41 Å². The maximum absolute atomic E-state index is 14.2. The fraction of sp³-hybridized carbons (Fsp3) is 0.476. The SMILES string of the molecule is CCCC=C1OC(=O)C2=C(c3cc(O)ccc3-c3ccccc3)[C@@H]3CC[C@]12[C@H]1C2=C(CC[C@H]31)C(=CC[C@H](CO)C1CCCCC1)OC2=O. The van der Waals surface area contributed by atoms with Gasteiger partial charge in [-0.25, -0.2) is 9.59 Å². The Labute approximate surface area is 283 Å². The van der Waals surface area contributed by atoms with Gasteiger partial charge in [-0.15, -0.1) is 0 Å². The molecule has 2 aliphatic heterocycles. The zero-order valence-electron chi connectivity index (χ0n) is 27.9. The van der Waals surface area contributed by atoms with Crippen molar-refractivity contribution < 1.29 is 29.3 Å². The molecule has 1 spiro atoms. The van der Waals surface area contributed by atoms with Crippen molar-refractivity contribution in [2.75, 3.05) is 6.61 Å². The van der Waals surface area contributed by atoms with Crippen LogP contribution in [0.25, 0.3) is 16.7 Å². The molecule has 2 aromatic rings. The maximum Gasteiger partial charge on any atom is 0.340 e. The Hall–Kier alpha value is -3.90. The minimum atomic E-state index is -0.758. The molecule has 2 bridgehead atoms. The van der Waals surface area contributed by atoms with Crippen molar-refractivity contribution in [2.45, 2.75) is 84.0 Å². The number of allylic oxidation sites excluding steroid dienone is 5. The zero-order valence-corrected chi connectivity index (χ0v) is 27.9. The van der Waals surface area contributed by atoms with E-state index in [9.17, 15) is 19.8 Å². The van der Waals surface area contributed by atoms with Crippen molar-refractivity contribution in [2.24, 2.45) is 35.0 Å². The van der Waals surface area contributed by atoms with Crippen molar-refractivity contribution in [1.29, 1.82) is 0 Å². The first-order chi connectivity index (χ1) is 23.5. The summed E-state index contributed by atoms with van der Waals surface area (Å²) in [6.07, 6.45) is 15.8. The summed E-state index contributed by atoms with van der Waals surface area (Å²) in [5.41, 5.74) is 5.49. The largest absolute Gasteiger partial charge is 0.508 e. The zero-order chi connectivity index (χ0) is 33.0. The highest BCUT2D eigenvalue weighted by atomic mass is 16.5. The number of ether oxygens (including phenoxy) is 2. The molecule has 2 saturated carbocycles. The summed E-state index contributed by atoms with van der Waals surface area (Å²) in [4.78, 5) is 28.2. The number of aliphatic hydroxyl groups is 1. The number of unbranched alkanes of at least 4 members (excludes halogenated alkanes) is 1. The molecule has 3 fully saturated rings. The molecule has 250 valence electrons. The third kappa shape index (κ3) is 4.85. The van der Waals surface area contributed by atoms with Crippen LogP contribution in [-0.4, -0.2) is 28.8 Å². The van der Waals surface area contributed by atoms with E-state index in [1.54, 1.807) is 6.07 Å². The van der Waals surface area contributed by atoms with Crippen LogP contribution in [0.5, 0.6) is 5.75 Å². The van der Waals surface area contributed by atoms with Gasteiger partial charge < -0.3 is 19.7 Å². The van der Waals surface area contributed by atoms with E-state index in [1.807, 2.05) is 30.3 Å². The first-order valence-corrected chi connectivity index (χ1v) is 18.3. The second kappa shape index (κ2) is 12.5. The number of hydrogen-bond donors (Lipinski definition) is 2. The summed E-state index contributed by atoms with van der Waals surface area (Å²) in [6.45, 7) is 2.26. The molecular weight excluding hydrogens is 600 g/mol. The molecule has 48 heavy (non-hydrogen) atoms. The van der Waals surface area contributed by atoms with Crippen LogP contribution >= 0.6 is 0 Å². The molecule has 7 aliphatic rings. The van der Waals surface area contributed by atoms with Crippen LogP contribution in [0.4, 0.5) is 0 Å². The smallest absolute Gasteiger partial charge is 0.340 e. The van der Waals surface area contributed by atoms with Gasteiger partial charge >= 0.3 is 11.9 Å². The van der Waals surface area contributed by atoms with Crippen molar-refractivity contribution in [1.82, 2.24) is 0 Å². The van der Waals surface area contributed by atoms with Gasteiger partial charge in [-0.1, -0.05) is 81.8 Å². The van der Waals surface area contributed by atoms with Crippen molar-refractivity contribution in [3.63, 3.8) is 0 Å². The number of aromatic hydroxyl groups is 1. The van der Waals surface area contributed by atoms with Crippen LogP contribution in [0.1, 0.15) is 89.5 Å². The van der Waals surface area contributed by atoms with Crippen molar-refractivity contribution in [3.05, 3.63) is 94.5 Å². The molecule has 5 atom stereocenters. The molecule has 2 heterocycles. The van der Waals surface area contributed by atoms with E-state index in [0.717, 1.165) is 84.8 Å². The van der Waals surface area contributed by atoms with Gasteiger partial charge in [-0.3, -0.25) is 0 Å². The van der Waals surface area contributed by atoms with E-state index in [-0.39, 0.29) is 48.0 Å². The molecular formula is C42H46O6. The molecule has 0 aromatic heterocycles. The number of hydrogen-bond acceptors (Lipinski definition) is 6. The number of aliphatic hydroxyl groups excluding tert-OH is 1. The predicted molar refractivity (Wildman–Crippen MR) is 184 cm³/mol. The summed E-state index contributed by atoms with van der Waals surface area (Å²) in [7, 11) is 0. The Morgan fingerprint density at radius 2 is 1.73 bits per heavy atom. The second-order valence-electron chi connectivity index (χ2n) is 14.9. The normalized spacial score (nSPS) is 30.4. The highest BCUT2D eigenvalue weighted by molar-refractivity contribution is 6.07. The van der Waals surface area contributed by atoms with Gasteiger partial charge in [0.1, 0.15) is 17.3 Å². The number of benzene rings is 2. The van der Waals surface area contributed by atoms with Crippen LogP contribution in [0.3, 0.4) is 0 Å². The predicted octanol–water partition coefficient (Wildman–Crippen LogP) is 8.81. The minimum Gasteiger partial charge on any atom is -0.508 e. The average molecular weight is 647 g/mol. The Bertz CT molecular complexity index is 1750. The molecule has 0 radical (unpaired) electrons. The van der Waals surface area contributed by atoms with E-state index in [1.165, 1.54) is 19.3 Å². The topological polar surface area (TPSA) is 93.1 Å². The van der Waals surface area contributed by atoms with Gasteiger partial charge in [0.05, 0.1) is 11.0 Å². The summed E-state index contributed by atoms with van der Waals surface area (Å²) in [5, 5.41) is 21.1. The quantitative estimate of drug-likeness (QED) is 0.279. The number of phenols is 1. The Balaban J connectivity index is 1.27. The third-order valence-corrected chi connectivity index (χ3v) is 12.5. The highest BCUT2D eigenvalue weighted by Gasteiger charge is 2.68. The first kappa shape index (κ1) is 31.4. The summed E-state index contributed by atoms with van der Waals surface area (Å²) in [5.74, 6) is 1.52. The molecule has 0 amide bonds. The molecule has 5 aliphatic carbocycles. The summed E-state index contributed by atoms with van der Waals surface area (Å²) in [6, 6.07) is 15.6. The van der Waals surface area contributed by atoms with Crippen LogP contribution in [0.2, 0.25) is 0 Å². The van der Waals surface area contributed by atoms with Crippen molar-refractivity contribution in [3.8, 4) is 16.9 Å². The fourth-order valence-corrected chi connectivity index (χ4v) is 10.4. The number of phenolic OH excluding ortho intramolecular Hbond substituents is 1. The third-order valence-electron chi connectivity index (χ3n) is 12.5. The van der Waals surface area contributed by atoms with Gasteiger partial charge in [-0.2, -0.15) is 0 Å². The first-order valence-electron chi connectivity index (χ1n) is 18.3. The lowest BCUT2D eigenvalue weighted by atomic mass is 9.44. The van der Waals surface area contributed by atoms with E-state index >= 15 is 0 Å². The van der Waals surface area contributed by atoms with Crippen molar-refractivity contribution >= 4 is 17.5 Å². The van der Waals surface area contributed by atoms with Crippen LogP contribution < -0.4 is 0 Å². The molecule has 1 saturated heterocycles. The number of esters is 2. The van der Waals surface area contributed by atoms with Gasteiger partial charge in [0.2, 0.25) is 0 Å². The lowest BCUT2D eigenvalue weighted by Gasteiger charge is -2.56. The summed E-state index contributed by atoms with van der Waals surface area (Å²) >= 11 is 0. The van der Waals surface area contributed by atoms with Crippen LogP contribution in [-0.2, 0) is 19.1 Å². The van der Waals surface area contributed by atoms with Gasteiger partial charge in [0.15, 0.2) is 0 Å². The van der Waals surface area contributed by atoms with Gasteiger partial charge in [0, 0.05) is 23.7 Å². The van der Waals surface area contributed by atoms with Gasteiger partial charge in [-0.05, 0) is 109 Å². The summed E-state index contributed by atoms with van der Waals surface area (Å²) < 4.78 is 12.4. The molecule has 0 unspecified atom stereocenters. The standard InChI is InChI=1S/C42H46O6/c1-2-3-14-35-42-22-21-30(36(39(42)41(46)48-35)33-23-28(44)16-17-29(33)26-12-8-5-9-13-26)31-18-19-32-34(47-40(45)37(32)38(31)42)20-15-27(24-43)25-10-6-4-7-11-25/h5,8-9,12-14,16-17,20,23,25,27,30-31,38,43-44H,2-4,6-7,10-11,15,18-19,21-22,24H2,1H3/t27-,30-,31-,38-,42-/m1/s1. The number of rotatable bonds is 8. The lowest BCUT2D eigenvalue weighted by molar-refractivity contribution is -0.135. The van der Waals surface area contributed by atoms with E-state index in [2.05, 4.69) is 31.2 Å². The molecule has 2 N–H and O–H groups in total. The highest BCUT2D eigenvalue weighted by Crippen LogP contribution is 2.72. The van der Waals surface area contributed by atoms with Crippen LogP contribution in [0, 0.1) is 35.0 Å². The molecule has 6 nitrogen and oxygen atoms in total.